The van der Waals surface area contributed by atoms with E-state index in [4.69, 9.17) is 0 Å². The molecule has 2 heterocycles. The molecule has 21 heteroatoms. The van der Waals surface area contributed by atoms with E-state index in [0.29, 0.717) is 75.9 Å². The number of nitriles is 1. The lowest BCUT2D eigenvalue weighted by Gasteiger charge is -2.23. The first-order valence-corrected chi connectivity index (χ1v) is 17.8. The number of halogens is 18. The van der Waals surface area contributed by atoms with Gasteiger partial charge >= 0.3 is 37.1 Å². The van der Waals surface area contributed by atoms with Crippen LogP contribution in [0, 0.1) is 11.3 Å². The van der Waals surface area contributed by atoms with Crippen molar-refractivity contribution in [1.29, 1.82) is 5.26 Å². The Morgan fingerprint density at radius 2 is 0.656 bits per heavy atom. The predicted molar refractivity (Wildman–Crippen MR) is 195 cm³/mol. The third-order valence-corrected chi connectivity index (χ3v) is 10.5. The van der Waals surface area contributed by atoms with Gasteiger partial charge in [0.25, 0.3) is 0 Å². The van der Waals surface area contributed by atoms with Gasteiger partial charge in [-0.2, -0.15) is 84.3 Å². The molecule has 0 spiro atoms. The van der Waals surface area contributed by atoms with Crippen molar-refractivity contribution in [2.75, 3.05) is 0 Å². The standard InChI is InChI=1S/C43H17F18N3/c44-38(45,46)20-4-8-24-25-9-5-21(39(47,48)49)14-32(25)63(31(24)13-20)35-12-19(18-62)28(37-29(42(56,57)58)2-1-3-30(37)43(59,60)61)17-36(35)64-33-15-22(40(50,51)52)6-10-26(33)27-11-7-23(16-34(27)64)41(53,54)55/h1-17H. The number of hydrogen-bond donors (Lipinski definition) is 0. The van der Waals surface area contributed by atoms with E-state index < -0.39 is 121 Å². The highest BCUT2D eigenvalue weighted by Gasteiger charge is 2.43. The molecule has 6 aromatic carbocycles. The molecule has 0 aliphatic carbocycles. The van der Waals surface area contributed by atoms with Crippen LogP contribution in [-0.2, 0) is 37.1 Å². The second-order valence-corrected chi connectivity index (χ2v) is 14.3. The molecule has 0 unspecified atom stereocenters. The van der Waals surface area contributed by atoms with E-state index >= 15 is 0 Å². The zero-order valence-corrected chi connectivity index (χ0v) is 31.0. The quantitative estimate of drug-likeness (QED) is 0.163. The normalized spacial score (nSPS) is 13.5. The summed E-state index contributed by atoms with van der Waals surface area (Å²) >= 11 is 0. The molecular formula is C43H17F18N3. The molecule has 0 saturated carbocycles. The second-order valence-electron chi connectivity index (χ2n) is 14.3. The van der Waals surface area contributed by atoms with E-state index in [9.17, 15) is 84.3 Å². The largest absolute Gasteiger partial charge is 0.417 e. The van der Waals surface area contributed by atoms with E-state index in [1.54, 1.807) is 0 Å². The fraction of sp³-hybridized carbons (Fsp3) is 0.140. The zero-order valence-electron chi connectivity index (χ0n) is 31.0. The average molecular weight is 918 g/mol. The minimum absolute atomic E-state index is 0.190. The van der Waals surface area contributed by atoms with Crippen LogP contribution in [0.25, 0.3) is 66.1 Å². The van der Waals surface area contributed by atoms with Crippen molar-refractivity contribution < 1.29 is 79.0 Å². The van der Waals surface area contributed by atoms with Crippen molar-refractivity contribution in [2.45, 2.75) is 37.1 Å². The number of rotatable bonds is 3. The number of aromatic nitrogens is 2. The molecule has 0 aliphatic heterocycles. The van der Waals surface area contributed by atoms with Crippen LogP contribution >= 0.6 is 0 Å². The third-order valence-electron chi connectivity index (χ3n) is 10.5. The van der Waals surface area contributed by atoms with Gasteiger partial charge in [0.2, 0.25) is 0 Å². The van der Waals surface area contributed by atoms with Crippen LogP contribution in [0.3, 0.4) is 0 Å². The van der Waals surface area contributed by atoms with E-state index in [0.717, 1.165) is 24.3 Å². The summed E-state index contributed by atoms with van der Waals surface area (Å²) in [5, 5.41) is 9.34. The van der Waals surface area contributed by atoms with Gasteiger partial charge in [0.1, 0.15) is 0 Å². The number of hydrogen-bond acceptors (Lipinski definition) is 1. The summed E-state index contributed by atoms with van der Waals surface area (Å²) in [4.78, 5) is 0. The van der Waals surface area contributed by atoms with Gasteiger partial charge in [-0.3, -0.25) is 0 Å². The zero-order chi connectivity index (χ0) is 46.9. The maximum atomic E-state index is 14.7. The molecule has 3 nitrogen and oxygen atoms in total. The lowest BCUT2D eigenvalue weighted by atomic mass is 9.89. The maximum Gasteiger partial charge on any atom is 0.417 e. The van der Waals surface area contributed by atoms with Crippen molar-refractivity contribution in [2.24, 2.45) is 0 Å². The molecule has 0 radical (unpaired) electrons. The fourth-order valence-electron chi connectivity index (χ4n) is 7.81. The molecule has 0 N–H and O–H groups in total. The fourth-order valence-corrected chi connectivity index (χ4v) is 7.81. The van der Waals surface area contributed by atoms with Gasteiger partial charge in [-0.05, 0) is 72.8 Å². The van der Waals surface area contributed by atoms with Gasteiger partial charge in [-0.15, -0.1) is 0 Å². The summed E-state index contributed by atoms with van der Waals surface area (Å²) in [5.41, 5.74) is -18.7. The van der Waals surface area contributed by atoms with Crippen LogP contribution in [0.15, 0.2) is 103 Å². The van der Waals surface area contributed by atoms with Crippen LogP contribution in [0.2, 0.25) is 0 Å². The van der Waals surface area contributed by atoms with E-state index in [2.05, 4.69) is 0 Å². The molecule has 8 rings (SSSR count). The molecule has 0 atom stereocenters. The summed E-state index contributed by atoms with van der Waals surface area (Å²) in [6, 6.07) is 9.88. The van der Waals surface area contributed by atoms with Gasteiger partial charge in [0, 0.05) is 32.7 Å². The molecule has 0 aliphatic rings. The summed E-state index contributed by atoms with van der Waals surface area (Å²) < 4.78 is 261. The predicted octanol–water partition coefficient (Wildman–Crippen LogP) is 15.5. The smallest absolute Gasteiger partial charge is 0.307 e. The van der Waals surface area contributed by atoms with Crippen LogP contribution in [0.4, 0.5) is 79.0 Å². The van der Waals surface area contributed by atoms with Crippen LogP contribution in [0.5, 0.6) is 0 Å². The van der Waals surface area contributed by atoms with Gasteiger partial charge in [0.15, 0.2) is 0 Å². The summed E-state index contributed by atoms with van der Waals surface area (Å²) in [6.07, 6.45) is -32.1. The first-order valence-electron chi connectivity index (χ1n) is 17.8. The number of benzene rings is 6. The highest BCUT2D eigenvalue weighted by molar-refractivity contribution is 6.12. The summed E-state index contributed by atoms with van der Waals surface area (Å²) in [5.74, 6) is 0. The second kappa shape index (κ2) is 14.1. The summed E-state index contributed by atoms with van der Waals surface area (Å²) in [6.45, 7) is 0. The van der Waals surface area contributed by atoms with Crippen molar-refractivity contribution in [3.05, 3.63) is 142 Å². The Hall–Kier alpha value is -6.85. The topological polar surface area (TPSA) is 33.6 Å². The van der Waals surface area contributed by atoms with E-state index in [-0.39, 0.29) is 33.7 Å². The molecule has 64 heavy (non-hydrogen) atoms. The monoisotopic (exact) mass is 917 g/mol. The molecule has 2 aromatic heterocycles. The lowest BCUT2D eigenvalue weighted by Crippen LogP contribution is -2.15. The Bertz CT molecular complexity index is 3080. The molecule has 330 valence electrons. The maximum absolute atomic E-state index is 14.7. The van der Waals surface area contributed by atoms with E-state index in [1.165, 1.54) is 6.07 Å². The highest BCUT2D eigenvalue weighted by atomic mass is 19.4. The Morgan fingerprint density at radius 3 is 0.922 bits per heavy atom. The van der Waals surface area contributed by atoms with Gasteiger partial charge in [-0.1, -0.05) is 30.3 Å². The SMILES string of the molecule is N#Cc1cc(-n2c3cc(C(F)(F)F)ccc3c3ccc(C(F)(F)F)cc32)c(-n2c3cc(C(F)(F)F)ccc3c3ccc(C(F)(F)F)cc32)cc1-c1c(C(F)(F)F)cccc1C(F)(F)F. The van der Waals surface area contributed by atoms with Crippen LogP contribution in [0.1, 0.15) is 38.9 Å². The minimum atomic E-state index is -5.65. The van der Waals surface area contributed by atoms with Crippen LogP contribution in [-0.4, -0.2) is 9.13 Å². The first kappa shape index (κ1) is 43.8. The van der Waals surface area contributed by atoms with Crippen molar-refractivity contribution in [1.82, 2.24) is 9.13 Å². The average Bonchev–Trinajstić information content (AvgIpc) is 3.69. The highest BCUT2D eigenvalue weighted by Crippen LogP contribution is 2.49. The van der Waals surface area contributed by atoms with Gasteiger partial charge in [0.05, 0.1) is 78.5 Å². The number of nitrogens with zero attached hydrogens (tertiary/aromatic N) is 3. The Morgan fingerprint density at radius 1 is 0.359 bits per heavy atom. The summed E-state index contributed by atoms with van der Waals surface area (Å²) in [7, 11) is 0. The molecule has 0 amide bonds. The van der Waals surface area contributed by atoms with Crippen molar-refractivity contribution >= 4 is 43.6 Å². The number of fused-ring (bicyclic) bond motifs is 6. The van der Waals surface area contributed by atoms with Crippen LogP contribution < -0.4 is 0 Å². The molecule has 0 saturated heterocycles. The Labute approximate surface area is 344 Å². The Kier molecular flexibility index (Phi) is 9.63. The molecule has 0 bridgehead atoms. The van der Waals surface area contributed by atoms with Gasteiger partial charge in [-0.25, -0.2) is 0 Å². The number of alkyl halides is 18. The van der Waals surface area contributed by atoms with E-state index in [1.807, 2.05) is 0 Å². The minimum Gasteiger partial charge on any atom is -0.307 e. The third kappa shape index (κ3) is 7.27. The lowest BCUT2D eigenvalue weighted by molar-refractivity contribution is -0.142. The molecule has 8 aromatic rings. The first-order chi connectivity index (χ1) is 29.5. The van der Waals surface area contributed by atoms with Crippen molar-refractivity contribution in [3.8, 4) is 28.6 Å². The van der Waals surface area contributed by atoms with Gasteiger partial charge < -0.3 is 9.13 Å². The van der Waals surface area contributed by atoms with Crippen molar-refractivity contribution in [3.63, 3.8) is 0 Å². The molecule has 0 fully saturated rings. The Balaban J connectivity index is 1.68. The molecular weight excluding hydrogens is 900 g/mol.